The van der Waals surface area contributed by atoms with E-state index in [4.69, 9.17) is 4.74 Å². The molecule has 0 saturated carbocycles. The molecule has 0 saturated heterocycles. The summed E-state index contributed by atoms with van der Waals surface area (Å²) in [7, 11) is -2.01. The van der Waals surface area contributed by atoms with E-state index in [1.165, 1.54) is 23.8 Å². The zero-order valence-electron chi connectivity index (χ0n) is 16.8. The molecule has 1 unspecified atom stereocenters. The van der Waals surface area contributed by atoms with E-state index in [1.54, 1.807) is 14.0 Å². The first kappa shape index (κ1) is 24.2. The molecule has 0 aliphatic carbocycles. The smallest absolute Gasteiger partial charge is 0.234 e. The van der Waals surface area contributed by atoms with E-state index in [0.717, 1.165) is 12.2 Å². The van der Waals surface area contributed by atoms with Crippen LogP contribution in [0.5, 0.6) is 5.75 Å². The molecule has 164 valence electrons. The molecule has 1 aliphatic rings. The van der Waals surface area contributed by atoms with Crippen molar-refractivity contribution in [1.29, 1.82) is 0 Å². The summed E-state index contributed by atoms with van der Waals surface area (Å²) in [5.74, 6) is 0.742. The molecule has 2 aromatic rings. The second-order valence-corrected chi connectivity index (χ2v) is 8.66. The number of sulfonamides is 1. The Labute approximate surface area is 193 Å². The molecule has 0 radical (unpaired) electrons. The number of rotatable bonds is 7. The SMILES string of the molecule is CN=C(NCCS(=O)(=O)Nc1ccc(C)c(F)c1)NCC1Cc2ccccc2O1.I. The zero-order chi connectivity index (χ0) is 20.9. The lowest BCUT2D eigenvalue weighted by Gasteiger charge is -2.16. The van der Waals surface area contributed by atoms with Gasteiger partial charge in [0.1, 0.15) is 17.7 Å². The fraction of sp³-hybridized carbons (Fsp3) is 0.350. The Morgan fingerprint density at radius 2 is 2.00 bits per heavy atom. The monoisotopic (exact) mass is 548 g/mol. The van der Waals surface area contributed by atoms with Gasteiger partial charge in [-0.3, -0.25) is 9.71 Å². The van der Waals surface area contributed by atoms with Gasteiger partial charge in [0.15, 0.2) is 5.96 Å². The summed E-state index contributed by atoms with van der Waals surface area (Å²) in [4.78, 5) is 4.10. The molecule has 30 heavy (non-hydrogen) atoms. The number of guanidine groups is 1. The first-order valence-electron chi connectivity index (χ1n) is 9.32. The summed E-state index contributed by atoms with van der Waals surface area (Å²) < 4.78 is 46.2. The number of nitrogens with one attached hydrogen (secondary N) is 3. The van der Waals surface area contributed by atoms with Gasteiger partial charge in [-0.1, -0.05) is 24.3 Å². The Morgan fingerprint density at radius 3 is 2.70 bits per heavy atom. The van der Waals surface area contributed by atoms with Gasteiger partial charge < -0.3 is 15.4 Å². The average molecular weight is 548 g/mol. The Balaban J connectivity index is 0.00000320. The number of anilines is 1. The maximum atomic E-state index is 13.6. The summed E-state index contributed by atoms with van der Waals surface area (Å²) in [6.45, 7) is 2.31. The Bertz CT molecular complexity index is 976. The molecule has 0 bridgehead atoms. The normalized spacial score (nSPS) is 15.6. The van der Waals surface area contributed by atoms with Crippen molar-refractivity contribution in [2.24, 2.45) is 4.99 Å². The molecule has 0 aromatic heterocycles. The number of aryl methyl sites for hydroxylation is 1. The molecule has 10 heteroatoms. The lowest BCUT2D eigenvalue weighted by molar-refractivity contribution is 0.235. The molecular formula is C20H26FIN4O3S. The van der Waals surface area contributed by atoms with Gasteiger partial charge in [0.25, 0.3) is 0 Å². The van der Waals surface area contributed by atoms with Crippen LogP contribution in [0.3, 0.4) is 0 Å². The predicted octanol–water partition coefficient (Wildman–Crippen LogP) is 2.66. The lowest BCUT2D eigenvalue weighted by Crippen LogP contribution is -2.43. The van der Waals surface area contributed by atoms with Gasteiger partial charge in [0, 0.05) is 20.0 Å². The minimum absolute atomic E-state index is 0. The van der Waals surface area contributed by atoms with Gasteiger partial charge in [-0.05, 0) is 36.2 Å². The standard InChI is InChI=1S/C20H25FN4O3S.HI/c1-14-7-8-16(12-18(14)21)25-29(26,27)10-9-23-20(22-2)24-13-17-11-15-5-3-4-6-19(15)28-17;/h3-8,12,17,25H,9-11,13H2,1-2H3,(H2,22,23,24);1H. The van der Waals surface area contributed by atoms with Crippen molar-refractivity contribution in [1.82, 2.24) is 10.6 Å². The Hall–Kier alpha value is -2.08. The second kappa shape index (κ2) is 10.8. The lowest BCUT2D eigenvalue weighted by atomic mass is 10.1. The molecule has 1 atom stereocenters. The van der Waals surface area contributed by atoms with Gasteiger partial charge in [-0.25, -0.2) is 12.8 Å². The number of para-hydroxylation sites is 1. The van der Waals surface area contributed by atoms with Crippen molar-refractivity contribution in [2.45, 2.75) is 19.4 Å². The molecule has 0 spiro atoms. The molecule has 3 N–H and O–H groups in total. The van der Waals surface area contributed by atoms with Gasteiger partial charge in [0.2, 0.25) is 10.0 Å². The molecule has 3 rings (SSSR count). The number of hydrogen-bond donors (Lipinski definition) is 3. The van der Waals surface area contributed by atoms with E-state index in [9.17, 15) is 12.8 Å². The van der Waals surface area contributed by atoms with E-state index in [1.807, 2.05) is 24.3 Å². The molecule has 0 fully saturated rings. The van der Waals surface area contributed by atoms with Crippen molar-refractivity contribution in [2.75, 3.05) is 30.6 Å². The van der Waals surface area contributed by atoms with E-state index >= 15 is 0 Å². The van der Waals surface area contributed by atoms with Crippen LogP contribution in [-0.4, -0.2) is 46.4 Å². The van der Waals surface area contributed by atoms with Crippen LogP contribution in [0.4, 0.5) is 10.1 Å². The quantitative estimate of drug-likeness (QED) is 0.281. The number of nitrogens with zero attached hydrogens (tertiary/aromatic N) is 1. The third-order valence-electron chi connectivity index (χ3n) is 4.54. The topological polar surface area (TPSA) is 91.8 Å². The van der Waals surface area contributed by atoms with Crippen LogP contribution < -0.4 is 20.1 Å². The highest BCUT2D eigenvalue weighted by molar-refractivity contribution is 14.0. The van der Waals surface area contributed by atoms with E-state index < -0.39 is 15.8 Å². The third kappa shape index (κ3) is 6.73. The first-order chi connectivity index (χ1) is 13.9. The van der Waals surface area contributed by atoms with Gasteiger partial charge in [-0.2, -0.15) is 0 Å². The highest BCUT2D eigenvalue weighted by Crippen LogP contribution is 2.27. The Kier molecular flexibility index (Phi) is 8.71. The number of fused-ring (bicyclic) bond motifs is 1. The van der Waals surface area contributed by atoms with Crippen molar-refractivity contribution in [3.63, 3.8) is 0 Å². The third-order valence-corrected chi connectivity index (χ3v) is 5.83. The van der Waals surface area contributed by atoms with Crippen LogP contribution in [0.1, 0.15) is 11.1 Å². The van der Waals surface area contributed by atoms with E-state index in [2.05, 4.69) is 20.3 Å². The maximum absolute atomic E-state index is 13.6. The van der Waals surface area contributed by atoms with Crippen molar-refractivity contribution in [3.8, 4) is 5.75 Å². The summed E-state index contributed by atoms with van der Waals surface area (Å²) >= 11 is 0. The number of halogens is 2. The molecule has 1 heterocycles. The van der Waals surface area contributed by atoms with E-state index in [0.29, 0.717) is 18.1 Å². The van der Waals surface area contributed by atoms with Crippen molar-refractivity contribution < 1.29 is 17.5 Å². The number of aliphatic imine (C=N–C) groups is 1. The van der Waals surface area contributed by atoms with Crippen molar-refractivity contribution in [3.05, 3.63) is 59.4 Å². The van der Waals surface area contributed by atoms with E-state index in [-0.39, 0.29) is 48.1 Å². The van der Waals surface area contributed by atoms with Crippen LogP contribution in [0, 0.1) is 12.7 Å². The highest BCUT2D eigenvalue weighted by atomic mass is 127. The molecule has 0 amide bonds. The largest absolute Gasteiger partial charge is 0.488 e. The molecular weight excluding hydrogens is 522 g/mol. The summed E-state index contributed by atoms with van der Waals surface area (Å²) in [6, 6.07) is 12.1. The summed E-state index contributed by atoms with van der Waals surface area (Å²) in [5, 5.41) is 6.11. The molecule has 7 nitrogen and oxygen atoms in total. The maximum Gasteiger partial charge on any atom is 0.234 e. The Morgan fingerprint density at radius 1 is 1.23 bits per heavy atom. The minimum Gasteiger partial charge on any atom is -0.488 e. The molecule has 1 aliphatic heterocycles. The van der Waals surface area contributed by atoms with Crippen LogP contribution >= 0.6 is 24.0 Å². The molecule has 2 aromatic carbocycles. The second-order valence-electron chi connectivity index (χ2n) is 6.82. The number of benzene rings is 2. The van der Waals surface area contributed by atoms with Crippen LogP contribution in [-0.2, 0) is 16.4 Å². The predicted molar refractivity (Wildman–Crippen MR) is 128 cm³/mol. The summed E-state index contributed by atoms with van der Waals surface area (Å²) in [6.07, 6.45) is 0.804. The fourth-order valence-electron chi connectivity index (χ4n) is 2.99. The van der Waals surface area contributed by atoms with Gasteiger partial charge >= 0.3 is 0 Å². The zero-order valence-corrected chi connectivity index (χ0v) is 20.0. The highest BCUT2D eigenvalue weighted by Gasteiger charge is 2.22. The number of ether oxygens (including phenoxy) is 1. The van der Waals surface area contributed by atoms with Gasteiger partial charge in [-0.15, -0.1) is 24.0 Å². The average Bonchev–Trinajstić information content (AvgIpc) is 3.10. The van der Waals surface area contributed by atoms with Crippen LogP contribution in [0.2, 0.25) is 0 Å². The van der Waals surface area contributed by atoms with Crippen LogP contribution in [0.15, 0.2) is 47.5 Å². The fourth-order valence-corrected chi connectivity index (χ4v) is 3.95. The number of hydrogen-bond acceptors (Lipinski definition) is 4. The van der Waals surface area contributed by atoms with Crippen molar-refractivity contribution >= 4 is 45.6 Å². The first-order valence-corrected chi connectivity index (χ1v) is 11.0. The minimum atomic E-state index is -3.62. The summed E-state index contributed by atoms with van der Waals surface area (Å²) in [5.41, 5.74) is 1.83. The van der Waals surface area contributed by atoms with Crippen LogP contribution in [0.25, 0.3) is 0 Å². The van der Waals surface area contributed by atoms with Gasteiger partial charge in [0.05, 0.1) is 18.0 Å².